The van der Waals surface area contributed by atoms with Gasteiger partial charge in [-0.15, -0.1) is 0 Å². The molecule has 0 spiro atoms. The minimum atomic E-state index is -2.89. The van der Waals surface area contributed by atoms with Crippen LogP contribution in [0.5, 0.6) is 0 Å². The molecule has 1 heterocycles. The molecule has 6 heteroatoms. The largest absolute Gasteiger partial charge is 0.338 e. The normalized spacial score (nSPS) is 24.9. The minimum absolute atomic E-state index is 0.0372. The number of hydrogen-bond acceptors (Lipinski definition) is 3. The molecule has 0 aliphatic carbocycles. The molecule has 1 atom stereocenters. The Morgan fingerprint density at radius 1 is 1.57 bits per heavy atom. The van der Waals surface area contributed by atoms with E-state index in [-0.39, 0.29) is 23.5 Å². The molecule has 1 unspecified atom stereocenters. The zero-order chi connectivity index (χ0) is 10.8. The summed E-state index contributed by atoms with van der Waals surface area (Å²) in [6.07, 6.45) is 0.596. The summed E-state index contributed by atoms with van der Waals surface area (Å²) in [5.74, 6) is 0.404. The summed E-state index contributed by atoms with van der Waals surface area (Å²) < 4.78 is 22.9. The van der Waals surface area contributed by atoms with E-state index >= 15 is 0 Å². The fourth-order valence-corrected chi connectivity index (χ4v) is 3.91. The third kappa shape index (κ3) is 2.82. The highest BCUT2D eigenvalue weighted by molar-refractivity contribution is 14.1. The van der Waals surface area contributed by atoms with Gasteiger partial charge in [-0.3, -0.25) is 4.79 Å². The number of carbonyl (C=O) groups excluding carboxylic acids is 1. The van der Waals surface area contributed by atoms with Gasteiger partial charge in [0.15, 0.2) is 9.84 Å². The molecule has 0 aromatic rings. The van der Waals surface area contributed by atoms with E-state index in [1.807, 2.05) is 29.5 Å². The maximum Gasteiger partial charge on any atom is 0.232 e. The van der Waals surface area contributed by atoms with Crippen molar-refractivity contribution in [3.8, 4) is 0 Å². The molecule has 82 valence electrons. The van der Waals surface area contributed by atoms with Crippen LogP contribution in [0.4, 0.5) is 0 Å². The van der Waals surface area contributed by atoms with Crippen LogP contribution in [-0.2, 0) is 14.6 Å². The molecule has 4 nitrogen and oxygen atoms in total. The molecule has 1 rings (SSSR count). The Hall–Kier alpha value is 0.150. The van der Waals surface area contributed by atoms with Crippen LogP contribution >= 0.6 is 22.6 Å². The minimum Gasteiger partial charge on any atom is -0.338 e. The predicted molar refractivity (Wildman–Crippen MR) is 63.3 cm³/mol. The molecule has 0 bridgehead atoms. The van der Waals surface area contributed by atoms with Gasteiger partial charge < -0.3 is 4.90 Å². The first-order valence-corrected chi connectivity index (χ1v) is 7.90. The second-order valence-corrected chi connectivity index (χ2v) is 6.36. The molecule has 1 saturated heterocycles. The molecular formula is C8H14INO3S. The van der Waals surface area contributed by atoms with Gasteiger partial charge in [0.25, 0.3) is 0 Å². The first-order valence-electron chi connectivity index (χ1n) is 4.56. The lowest BCUT2D eigenvalue weighted by atomic mass is 10.2. The third-order valence-corrected chi connectivity index (χ3v) is 4.83. The molecule has 0 aromatic heterocycles. The Bertz CT molecular complexity index is 315. The quantitative estimate of drug-likeness (QED) is 0.558. The van der Waals surface area contributed by atoms with Gasteiger partial charge in [-0.05, 0) is 13.3 Å². The van der Waals surface area contributed by atoms with E-state index in [0.717, 1.165) is 0 Å². The number of nitrogens with zero attached hydrogens (tertiary/aromatic N) is 1. The molecule has 0 N–H and O–H groups in total. The second kappa shape index (κ2) is 4.78. The highest BCUT2D eigenvalue weighted by Gasteiger charge is 2.33. The van der Waals surface area contributed by atoms with Crippen molar-refractivity contribution < 1.29 is 13.2 Å². The average molecular weight is 331 g/mol. The highest BCUT2D eigenvalue weighted by Crippen LogP contribution is 2.18. The lowest BCUT2D eigenvalue weighted by Crippen LogP contribution is -2.41. The summed E-state index contributed by atoms with van der Waals surface area (Å²) >= 11 is 2.01. The summed E-state index contributed by atoms with van der Waals surface area (Å²) in [5, 5.41) is 0. The first-order chi connectivity index (χ1) is 6.50. The van der Waals surface area contributed by atoms with Gasteiger partial charge in [-0.1, -0.05) is 22.6 Å². The van der Waals surface area contributed by atoms with Crippen LogP contribution in [0.1, 0.15) is 13.3 Å². The van der Waals surface area contributed by atoms with Crippen molar-refractivity contribution in [3.05, 3.63) is 0 Å². The smallest absolute Gasteiger partial charge is 0.232 e. The Morgan fingerprint density at radius 3 is 2.57 bits per heavy atom. The van der Waals surface area contributed by atoms with Gasteiger partial charge >= 0.3 is 0 Å². The molecule has 0 radical (unpaired) electrons. The van der Waals surface area contributed by atoms with E-state index in [1.165, 1.54) is 0 Å². The molecule has 1 amide bonds. The van der Waals surface area contributed by atoms with Gasteiger partial charge in [-0.2, -0.15) is 0 Å². The Balaban J connectivity index is 2.69. The van der Waals surface area contributed by atoms with Crippen molar-refractivity contribution in [3.63, 3.8) is 0 Å². The van der Waals surface area contributed by atoms with Crippen LogP contribution in [0.25, 0.3) is 0 Å². The number of amides is 1. The van der Waals surface area contributed by atoms with Crippen molar-refractivity contribution in [2.75, 3.05) is 22.5 Å². The van der Waals surface area contributed by atoms with E-state index in [2.05, 4.69) is 0 Å². The zero-order valence-corrected chi connectivity index (χ0v) is 11.0. The van der Waals surface area contributed by atoms with Crippen LogP contribution in [0, 0.1) is 0 Å². The predicted octanol–water partition coefficient (Wildman–Crippen LogP) is 0.457. The summed E-state index contributed by atoms with van der Waals surface area (Å²) in [6, 6.07) is -0.0905. The Labute approximate surface area is 98.1 Å². The summed E-state index contributed by atoms with van der Waals surface area (Å²) in [6.45, 7) is 2.48. The summed E-state index contributed by atoms with van der Waals surface area (Å²) in [5.41, 5.74) is 0. The Morgan fingerprint density at radius 2 is 2.21 bits per heavy atom. The molecule has 0 saturated carbocycles. The second-order valence-electron chi connectivity index (χ2n) is 3.37. The van der Waals surface area contributed by atoms with Crippen molar-refractivity contribution >= 4 is 38.3 Å². The van der Waals surface area contributed by atoms with E-state index < -0.39 is 9.84 Å². The van der Waals surface area contributed by atoms with E-state index in [4.69, 9.17) is 0 Å². The van der Waals surface area contributed by atoms with Gasteiger partial charge in [0.1, 0.15) is 0 Å². The lowest BCUT2D eigenvalue weighted by molar-refractivity contribution is -0.129. The van der Waals surface area contributed by atoms with Crippen molar-refractivity contribution in [2.45, 2.75) is 19.4 Å². The lowest BCUT2D eigenvalue weighted by Gasteiger charge is -2.25. The number of carbonyl (C=O) groups is 1. The first kappa shape index (κ1) is 12.2. The van der Waals surface area contributed by atoms with Crippen LogP contribution in [0.15, 0.2) is 0 Å². The average Bonchev–Trinajstić information content (AvgIpc) is 2.47. The topological polar surface area (TPSA) is 54.5 Å². The fourth-order valence-electron chi connectivity index (χ4n) is 1.74. The van der Waals surface area contributed by atoms with Crippen molar-refractivity contribution in [1.82, 2.24) is 4.90 Å². The van der Waals surface area contributed by atoms with E-state index in [1.54, 1.807) is 4.90 Å². The van der Waals surface area contributed by atoms with Crippen LogP contribution < -0.4 is 0 Å². The number of alkyl halides is 1. The third-order valence-electron chi connectivity index (χ3n) is 2.42. The highest BCUT2D eigenvalue weighted by atomic mass is 127. The van der Waals surface area contributed by atoms with Crippen LogP contribution in [-0.4, -0.2) is 47.7 Å². The molecule has 0 aromatic carbocycles. The standard InChI is InChI=1S/C8H14INO3S/c1-2-10(8(11)5-9)7-3-4-14(12,13)6-7/h7H,2-6H2,1H3. The van der Waals surface area contributed by atoms with Gasteiger partial charge in [0.05, 0.1) is 15.9 Å². The van der Waals surface area contributed by atoms with Crippen molar-refractivity contribution in [1.29, 1.82) is 0 Å². The van der Waals surface area contributed by atoms with Gasteiger partial charge in [0.2, 0.25) is 5.91 Å². The number of hydrogen-bond donors (Lipinski definition) is 0. The monoisotopic (exact) mass is 331 g/mol. The Kier molecular flexibility index (Phi) is 4.17. The molecule has 1 aliphatic heterocycles. The molecular weight excluding hydrogens is 317 g/mol. The molecule has 1 fully saturated rings. The summed E-state index contributed by atoms with van der Waals surface area (Å²) in [4.78, 5) is 13.1. The van der Waals surface area contributed by atoms with Crippen LogP contribution in [0.3, 0.4) is 0 Å². The zero-order valence-electron chi connectivity index (χ0n) is 8.07. The molecule has 1 aliphatic rings. The van der Waals surface area contributed by atoms with Crippen LogP contribution in [0.2, 0.25) is 0 Å². The number of sulfone groups is 1. The summed E-state index contributed by atoms with van der Waals surface area (Å²) in [7, 11) is -2.89. The van der Waals surface area contributed by atoms with E-state index in [0.29, 0.717) is 17.4 Å². The SMILES string of the molecule is CCN(C(=O)CI)C1CCS(=O)(=O)C1. The van der Waals surface area contributed by atoms with Gasteiger partial charge in [-0.25, -0.2) is 8.42 Å². The maximum atomic E-state index is 11.5. The van der Waals surface area contributed by atoms with Crippen molar-refractivity contribution in [2.24, 2.45) is 0 Å². The van der Waals surface area contributed by atoms with Gasteiger partial charge in [0, 0.05) is 12.6 Å². The van der Waals surface area contributed by atoms with E-state index in [9.17, 15) is 13.2 Å². The molecule has 14 heavy (non-hydrogen) atoms. The number of halogens is 1. The maximum absolute atomic E-state index is 11.5. The fraction of sp³-hybridized carbons (Fsp3) is 0.875. The number of rotatable bonds is 3.